The van der Waals surface area contributed by atoms with E-state index in [-0.39, 0.29) is 16.7 Å². The minimum atomic E-state index is -0.481. The van der Waals surface area contributed by atoms with Gasteiger partial charge in [-0.05, 0) is 31.7 Å². The maximum absolute atomic E-state index is 13.4. The molecule has 1 saturated heterocycles. The van der Waals surface area contributed by atoms with Crippen molar-refractivity contribution in [1.82, 2.24) is 4.90 Å². The fourth-order valence-electron chi connectivity index (χ4n) is 5.52. The summed E-state index contributed by atoms with van der Waals surface area (Å²) >= 11 is 0. The number of hydrogen-bond donors (Lipinski definition) is 0. The second-order valence-electron chi connectivity index (χ2n) is 7.42. The summed E-state index contributed by atoms with van der Waals surface area (Å²) in [6, 6.07) is 10.2. The molecule has 2 saturated carbocycles. The summed E-state index contributed by atoms with van der Waals surface area (Å²) in [5.41, 5.74) is 0.218. The third-order valence-electron chi connectivity index (χ3n) is 6.86. The Morgan fingerprint density at radius 1 is 1.14 bits per heavy atom. The van der Waals surface area contributed by atoms with Crippen LogP contribution in [0.4, 0.5) is 0 Å². The molecular weight excluding hydrogens is 274 g/mol. The van der Waals surface area contributed by atoms with Crippen LogP contribution in [0.25, 0.3) is 0 Å². The standard InChI is InChI=1S/C19H23NO2/c1-3-20-12-11-18-13-17(18,2)15(21)9-10-19(18,16(20)22)14-7-5-4-6-8-14/h4-8H,3,9-13H2,1-2H3/t17-,18?,19?/m0/s1. The third-order valence-corrected chi connectivity index (χ3v) is 6.86. The van der Waals surface area contributed by atoms with E-state index in [2.05, 4.69) is 26.0 Å². The van der Waals surface area contributed by atoms with Gasteiger partial charge in [-0.25, -0.2) is 0 Å². The molecule has 1 amide bonds. The van der Waals surface area contributed by atoms with Crippen LogP contribution in [0.2, 0.25) is 0 Å². The first-order chi connectivity index (χ1) is 10.5. The highest BCUT2D eigenvalue weighted by Crippen LogP contribution is 2.79. The Balaban J connectivity index is 1.92. The lowest BCUT2D eigenvalue weighted by Gasteiger charge is -2.52. The summed E-state index contributed by atoms with van der Waals surface area (Å²) in [7, 11) is 0. The van der Waals surface area contributed by atoms with Crippen molar-refractivity contribution in [3.05, 3.63) is 35.9 Å². The predicted octanol–water partition coefficient (Wildman–Crippen LogP) is 2.94. The van der Waals surface area contributed by atoms with Gasteiger partial charge in [-0.2, -0.15) is 0 Å². The lowest BCUT2D eigenvalue weighted by atomic mass is 9.55. The maximum atomic E-state index is 13.4. The Kier molecular flexibility index (Phi) is 2.68. The summed E-state index contributed by atoms with van der Waals surface area (Å²) < 4.78 is 0. The predicted molar refractivity (Wildman–Crippen MR) is 84.4 cm³/mol. The van der Waals surface area contributed by atoms with Crippen molar-refractivity contribution < 1.29 is 9.59 Å². The van der Waals surface area contributed by atoms with Gasteiger partial charge < -0.3 is 4.90 Å². The van der Waals surface area contributed by atoms with Crippen molar-refractivity contribution >= 4 is 11.7 Å². The summed E-state index contributed by atoms with van der Waals surface area (Å²) in [6.45, 7) is 5.71. The minimum Gasteiger partial charge on any atom is -0.342 e. The van der Waals surface area contributed by atoms with Crippen LogP contribution < -0.4 is 0 Å². The van der Waals surface area contributed by atoms with Crippen molar-refractivity contribution in [3.63, 3.8) is 0 Å². The van der Waals surface area contributed by atoms with Crippen LogP contribution in [0.15, 0.2) is 30.3 Å². The minimum absolute atomic E-state index is 0.139. The zero-order valence-electron chi connectivity index (χ0n) is 13.4. The van der Waals surface area contributed by atoms with Crippen LogP contribution in [-0.2, 0) is 15.0 Å². The van der Waals surface area contributed by atoms with E-state index in [0.29, 0.717) is 18.6 Å². The topological polar surface area (TPSA) is 37.4 Å². The van der Waals surface area contributed by atoms with Crippen LogP contribution in [0.3, 0.4) is 0 Å². The zero-order chi connectivity index (χ0) is 15.6. The number of ketones is 1. The lowest BCUT2D eigenvalue weighted by Crippen LogP contribution is -2.61. The number of benzene rings is 1. The number of rotatable bonds is 2. The van der Waals surface area contributed by atoms with E-state index in [0.717, 1.165) is 31.5 Å². The molecule has 1 spiro atoms. The first-order valence-corrected chi connectivity index (χ1v) is 8.40. The molecule has 3 aliphatic rings. The van der Waals surface area contributed by atoms with Crippen molar-refractivity contribution in [1.29, 1.82) is 0 Å². The van der Waals surface area contributed by atoms with E-state index in [1.54, 1.807) is 0 Å². The molecule has 22 heavy (non-hydrogen) atoms. The Labute approximate surface area is 131 Å². The largest absolute Gasteiger partial charge is 0.342 e. The molecule has 116 valence electrons. The quantitative estimate of drug-likeness (QED) is 0.841. The monoisotopic (exact) mass is 297 g/mol. The Morgan fingerprint density at radius 3 is 2.55 bits per heavy atom. The summed E-state index contributed by atoms with van der Waals surface area (Å²) in [4.78, 5) is 27.9. The first-order valence-electron chi connectivity index (χ1n) is 8.40. The number of carbonyl (C=O) groups excluding carboxylic acids is 2. The Morgan fingerprint density at radius 2 is 1.86 bits per heavy atom. The van der Waals surface area contributed by atoms with Crippen LogP contribution in [0.5, 0.6) is 0 Å². The van der Waals surface area contributed by atoms with E-state index in [1.165, 1.54) is 0 Å². The van der Waals surface area contributed by atoms with Crippen molar-refractivity contribution in [2.75, 3.05) is 13.1 Å². The van der Waals surface area contributed by atoms with Gasteiger partial charge in [0.2, 0.25) is 5.91 Å². The number of likely N-dealkylation sites (tertiary alicyclic amines) is 1. The number of amides is 1. The maximum Gasteiger partial charge on any atom is 0.233 e. The highest BCUT2D eigenvalue weighted by Gasteiger charge is 2.81. The summed E-state index contributed by atoms with van der Waals surface area (Å²) in [5.74, 6) is 0.625. The molecule has 1 heterocycles. The molecule has 0 bridgehead atoms. The second-order valence-corrected chi connectivity index (χ2v) is 7.42. The van der Waals surface area contributed by atoms with Crippen LogP contribution in [-0.4, -0.2) is 29.7 Å². The normalized spacial score (nSPS) is 40.2. The Bertz CT molecular complexity index is 655. The molecule has 3 atom stereocenters. The fourth-order valence-corrected chi connectivity index (χ4v) is 5.52. The van der Waals surface area contributed by atoms with Crippen LogP contribution >= 0.6 is 0 Å². The van der Waals surface area contributed by atoms with E-state index in [9.17, 15) is 9.59 Å². The van der Waals surface area contributed by atoms with Gasteiger partial charge in [0, 0.05) is 30.3 Å². The molecule has 4 rings (SSSR count). The lowest BCUT2D eigenvalue weighted by molar-refractivity contribution is -0.151. The van der Waals surface area contributed by atoms with Gasteiger partial charge in [-0.1, -0.05) is 37.3 Å². The van der Waals surface area contributed by atoms with E-state index >= 15 is 0 Å². The van der Waals surface area contributed by atoms with E-state index in [4.69, 9.17) is 0 Å². The summed E-state index contributed by atoms with van der Waals surface area (Å²) in [6.07, 6.45) is 3.07. The molecule has 3 heteroatoms. The number of Topliss-reactive ketones (excluding diaryl/α,β-unsaturated/α-hetero) is 1. The fraction of sp³-hybridized carbons (Fsp3) is 0.579. The highest BCUT2D eigenvalue weighted by molar-refractivity contribution is 5.99. The zero-order valence-corrected chi connectivity index (χ0v) is 13.4. The molecule has 1 aliphatic heterocycles. The van der Waals surface area contributed by atoms with Gasteiger partial charge in [0.15, 0.2) is 0 Å². The third kappa shape index (κ3) is 1.34. The number of hydrogen-bond acceptors (Lipinski definition) is 2. The molecular formula is C19H23NO2. The van der Waals surface area contributed by atoms with Crippen LogP contribution in [0.1, 0.15) is 45.1 Å². The average molecular weight is 297 g/mol. The SMILES string of the molecule is CCN1CCC23C[C@@]2(C)C(=O)CCC3(c2ccccc2)C1=O. The van der Waals surface area contributed by atoms with Crippen molar-refractivity contribution in [2.24, 2.45) is 10.8 Å². The molecule has 0 aromatic heterocycles. The number of piperidine rings is 1. The van der Waals surface area contributed by atoms with Crippen molar-refractivity contribution in [2.45, 2.75) is 44.9 Å². The molecule has 3 fully saturated rings. The number of likely N-dealkylation sites (N-methyl/N-ethyl adjacent to an activating group) is 1. The van der Waals surface area contributed by atoms with Gasteiger partial charge in [0.1, 0.15) is 5.78 Å². The molecule has 0 radical (unpaired) electrons. The Hall–Kier alpha value is -1.64. The van der Waals surface area contributed by atoms with Gasteiger partial charge >= 0.3 is 0 Å². The van der Waals surface area contributed by atoms with Gasteiger partial charge in [-0.15, -0.1) is 0 Å². The second kappa shape index (κ2) is 4.21. The van der Waals surface area contributed by atoms with Gasteiger partial charge in [-0.3, -0.25) is 9.59 Å². The summed E-state index contributed by atoms with van der Waals surface area (Å²) in [5, 5.41) is 0. The van der Waals surface area contributed by atoms with E-state index < -0.39 is 5.41 Å². The van der Waals surface area contributed by atoms with E-state index in [1.807, 2.05) is 23.1 Å². The molecule has 1 aromatic rings. The average Bonchev–Trinajstić information content (AvgIpc) is 3.17. The smallest absolute Gasteiger partial charge is 0.233 e. The molecule has 3 nitrogen and oxygen atoms in total. The first kappa shape index (κ1) is 14.0. The van der Waals surface area contributed by atoms with Crippen molar-refractivity contribution in [3.8, 4) is 0 Å². The van der Waals surface area contributed by atoms with Gasteiger partial charge in [0.25, 0.3) is 0 Å². The van der Waals surface area contributed by atoms with Crippen LogP contribution in [0, 0.1) is 10.8 Å². The number of carbonyl (C=O) groups is 2. The van der Waals surface area contributed by atoms with Gasteiger partial charge in [0.05, 0.1) is 5.41 Å². The molecule has 2 unspecified atom stereocenters. The molecule has 2 aliphatic carbocycles. The molecule has 1 aromatic carbocycles. The molecule has 0 N–H and O–H groups in total. The highest BCUT2D eigenvalue weighted by atomic mass is 16.2. The number of nitrogens with zero attached hydrogens (tertiary/aromatic N) is 1.